The van der Waals surface area contributed by atoms with E-state index in [9.17, 15) is 9.90 Å². The molecule has 1 saturated heterocycles. The fraction of sp³-hybridized carbons (Fsp3) is 0.300. The van der Waals surface area contributed by atoms with Gasteiger partial charge in [0.05, 0.1) is 18.8 Å². The summed E-state index contributed by atoms with van der Waals surface area (Å²) in [6.07, 6.45) is 2.67. The zero-order valence-corrected chi connectivity index (χ0v) is 15.4. The van der Waals surface area contributed by atoms with Gasteiger partial charge in [-0.1, -0.05) is 41.6 Å². The van der Waals surface area contributed by atoms with Crippen LogP contribution in [0.1, 0.15) is 22.2 Å². The molecule has 1 amide bonds. The number of carbonyl (C=O) groups is 1. The highest BCUT2D eigenvalue weighted by molar-refractivity contribution is 5.92. The number of pyridine rings is 1. The first kappa shape index (κ1) is 18.1. The summed E-state index contributed by atoms with van der Waals surface area (Å²) in [5.41, 5.74) is 1.10. The van der Waals surface area contributed by atoms with E-state index in [1.54, 1.807) is 17.3 Å². The van der Waals surface area contributed by atoms with Crippen molar-refractivity contribution in [1.82, 2.24) is 24.9 Å². The normalized spacial score (nSPS) is 15.5. The van der Waals surface area contributed by atoms with E-state index in [-0.39, 0.29) is 12.5 Å². The highest BCUT2D eigenvalue weighted by Gasteiger charge is 2.25. The molecule has 0 bridgehead atoms. The van der Waals surface area contributed by atoms with Crippen molar-refractivity contribution in [3.8, 4) is 0 Å². The van der Waals surface area contributed by atoms with Crippen molar-refractivity contribution in [2.24, 2.45) is 0 Å². The number of aliphatic hydroxyl groups excluding tert-OH is 1. The number of benzene rings is 1. The zero-order valence-electron chi connectivity index (χ0n) is 15.4. The summed E-state index contributed by atoms with van der Waals surface area (Å²) in [5, 5.41) is 18.3. The van der Waals surface area contributed by atoms with Crippen LogP contribution in [0.25, 0.3) is 0 Å². The van der Waals surface area contributed by atoms with Gasteiger partial charge in [0.15, 0.2) is 5.69 Å². The van der Waals surface area contributed by atoms with E-state index in [1.807, 2.05) is 48.5 Å². The summed E-state index contributed by atoms with van der Waals surface area (Å²) >= 11 is 0. The molecule has 144 valence electrons. The standard InChI is InChI=1S/C20H22N6O2/c27-18(16-6-2-1-3-7-16)15-26-14-17(22-23-26)20(28)25-12-10-24(11-13-25)19-8-4-5-9-21-19/h1-9,14,18,27H,10-13,15H2. The van der Waals surface area contributed by atoms with Gasteiger partial charge in [0.1, 0.15) is 5.82 Å². The topological polar surface area (TPSA) is 87.4 Å². The smallest absolute Gasteiger partial charge is 0.276 e. The molecule has 2 aromatic heterocycles. The van der Waals surface area contributed by atoms with Gasteiger partial charge in [-0.15, -0.1) is 5.10 Å². The maximum absolute atomic E-state index is 12.7. The fourth-order valence-electron chi connectivity index (χ4n) is 3.28. The Balaban J connectivity index is 1.35. The molecule has 1 aliphatic heterocycles. The lowest BCUT2D eigenvalue weighted by Gasteiger charge is -2.35. The lowest BCUT2D eigenvalue weighted by molar-refractivity contribution is 0.0740. The highest BCUT2D eigenvalue weighted by atomic mass is 16.3. The monoisotopic (exact) mass is 378 g/mol. The number of aromatic nitrogens is 4. The van der Waals surface area contributed by atoms with Gasteiger partial charge in [0.25, 0.3) is 5.91 Å². The first-order chi connectivity index (χ1) is 13.7. The van der Waals surface area contributed by atoms with Gasteiger partial charge in [-0.3, -0.25) is 4.79 Å². The number of hydrogen-bond donors (Lipinski definition) is 1. The average Bonchev–Trinajstić information content (AvgIpc) is 3.23. The molecule has 1 aliphatic rings. The van der Waals surface area contributed by atoms with Crippen LogP contribution in [0.2, 0.25) is 0 Å². The van der Waals surface area contributed by atoms with Gasteiger partial charge >= 0.3 is 0 Å². The van der Waals surface area contributed by atoms with Gasteiger partial charge < -0.3 is 14.9 Å². The summed E-state index contributed by atoms with van der Waals surface area (Å²) in [5.74, 6) is 0.788. The molecule has 4 rings (SSSR count). The largest absolute Gasteiger partial charge is 0.386 e. The molecule has 1 unspecified atom stereocenters. The van der Waals surface area contributed by atoms with E-state index in [0.717, 1.165) is 24.5 Å². The summed E-state index contributed by atoms with van der Waals surface area (Å²) in [7, 11) is 0. The lowest BCUT2D eigenvalue weighted by atomic mass is 10.1. The van der Waals surface area contributed by atoms with Crippen LogP contribution in [-0.2, 0) is 6.54 Å². The molecule has 28 heavy (non-hydrogen) atoms. The Labute approximate surface area is 163 Å². The first-order valence-electron chi connectivity index (χ1n) is 9.29. The molecule has 3 aromatic rings. The molecule has 8 heteroatoms. The third-order valence-corrected chi connectivity index (χ3v) is 4.84. The van der Waals surface area contributed by atoms with Crippen LogP contribution in [0, 0.1) is 0 Å². The first-order valence-corrected chi connectivity index (χ1v) is 9.29. The Morgan fingerprint density at radius 1 is 1.04 bits per heavy atom. The molecular weight excluding hydrogens is 356 g/mol. The minimum atomic E-state index is -0.701. The van der Waals surface area contributed by atoms with Crippen molar-refractivity contribution in [2.75, 3.05) is 31.1 Å². The van der Waals surface area contributed by atoms with Gasteiger partial charge in [0.2, 0.25) is 0 Å². The van der Waals surface area contributed by atoms with Gasteiger partial charge in [0, 0.05) is 32.4 Å². The molecule has 1 N–H and O–H groups in total. The molecular formula is C20H22N6O2. The molecule has 0 spiro atoms. The van der Waals surface area contributed by atoms with E-state index in [2.05, 4.69) is 20.2 Å². The third-order valence-electron chi connectivity index (χ3n) is 4.84. The average molecular weight is 378 g/mol. The Morgan fingerprint density at radius 3 is 2.50 bits per heavy atom. The van der Waals surface area contributed by atoms with Crippen molar-refractivity contribution in [1.29, 1.82) is 0 Å². The molecule has 1 atom stereocenters. The summed E-state index contributed by atoms with van der Waals surface area (Å²) in [6.45, 7) is 2.91. The minimum absolute atomic E-state index is 0.138. The van der Waals surface area contributed by atoms with E-state index in [1.165, 1.54) is 4.68 Å². The van der Waals surface area contributed by atoms with Gasteiger partial charge in [-0.2, -0.15) is 0 Å². The third kappa shape index (κ3) is 4.01. The predicted octanol–water partition coefficient (Wildman–Crippen LogP) is 1.37. The lowest BCUT2D eigenvalue weighted by Crippen LogP contribution is -2.49. The summed E-state index contributed by atoms with van der Waals surface area (Å²) < 4.78 is 1.51. The molecule has 8 nitrogen and oxygen atoms in total. The zero-order chi connectivity index (χ0) is 19.3. The molecule has 0 saturated carbocycles. The van der Waals surface area contributed by atoms with Crippen LogP contribution in [0.15, 0.2) is 60.9 Å². The molecule has 1 fully saturated rings. The fourth-order valence-corrected chi connectivity index (χ4v) is 3.28. The number of carbonyl (C=O) groups excluding carboxylic acids is 1. The second-order valence-electron chi connectivity index (χ2n) is 6.72. The number of aliphatic hydroxyl groups is 1. The van der Waals surface area contributed by atoms with Crippen molar-refractivity contribution >= 4 is 11.7 Å². The minimum Gasteiger partial charge on any atom is -0.386 e. The Kier molecular flexibility index (Phi) is 5.29. The number of hydrogen-bond acceptors (Lipinski definition) is 6. The summed E-state index contributed by atoms with van der Waals surface area (Å²) in [6, 6.07) is 15.2. The van der Waals surface area contributed by atoms with Gasteiger partial charge in [-0.05, 0) is 17.7 Å². The Bertz CT molecular complexity index is 907. The van der Waals surface area contributed by atoms with Crippen LogP contribution in [0.4, 0.5) is 5.82 Å². The van der Waals surface area contributed by atoms with Crippen molar-refractivity contribution in [3.05, 3.63) is 72.2 Å². The number of anilines is 1. The van der Waals surface area contributed by atoms with E-state index >= 15 is 0 Å². The Hall–Kier alpha value is -3.26. The maximum atomic E-state index is 12.7. The van der Waals surface area contributed by atoms with Crippen molar-refractivity contribution < 1.29 is 9.90 Å². The molecule has 0 radical (unpaired) electrons. The number of piperazine rings is 1. The van der Waals surface area contributed by atoms with Crippen LogP contribution < -0.4 is 4.90 Å². The second-order valence-corrected chi connectivity index (χ2v) is 6.72. The van der Waals surface area contributed by atoms with Crippen LogP contribution >= 0.6 is 0 Å². The van der Waals surface area contributed by atoms with Crippen LogP contribution in [0.5, 0.6) is 0 Å². The van der Waals surface area contributed by atoms with Crippen molar-refractivity contribution in [2.45, 2.75) is 12.6 Å². The predicted molar refractivity (Wildman–Crippen MR) is 104 cm³/mol. The molecule has 0 aliphatic carbocycles. The summed E-state index contributed by atoms with van der Waals surface area (Å²) in [4.78, 5) is 21.0. The highest BCUT2D eigenvalue weighted by Crippen LogP contribution is 2.16. The van der Waals surface area contributed by atoms with Crippen LogP contribution in [0.3, 0.4) is 0 Å². The molecule has 1 aromatic carbocycles. The number of rotatable bonds is 5. The molecule has 3 heterocycles. The van der Waals surface area contributed by atoms with E-state index in [0.29, 0.717) is 18.8 Å². The van der Waals surface area contributed by atoms with E-state index in [4.69, 9.17) is 0 Å². The second kappa shape index (κ2) is 8.18. The van der Waals surface area contributed by atoms with Crippen LogP contribution in [-0.4, -0.2) is 62.1 Å². The van der Waals surface area contributed by atoms with Crippen molar-refractivity contribution in [3.63, 3.8) is 0 Å². The number of amides is 1. The van der Waals surface area contributed by atoms with Gasteiger partial charge in [-0.25, -0.2) is 9.67 Å². The quantitative estimate of drug-likeness (QED) is 0.722. The maximum Gasteiger partial charge on any atom is 0.276 e. The Morgan fingerprint density at radius 2 is 1.79 bits per heavy atom. The number of nitrogens with zero attached hydrogens (tertiary/aromatic N) is 6. The SMILES string of the molecule is O=C(c1cn(CC(O)c2ccccc2)nn1)N1CCN(c2ccccn2)CC1. The van der Waals surface area contributed by atoms with E-state index < -0.39 is 6.10 Å².